The van der Waals surface area contributed by atoms with E-state index in [-0.39, 0.29) is 6.04 Å². The number of likely N-dealkylation sites (N-methyl/N-ethyl adjacent to an activating group) is 1. The highest BCUT2D eigenvalue weighted by atomic mass is 35.5. The second kappa shape index (κ2) is 10.6. The number of thiazole rings is 1. The van der Waals surface area contributed by atoms with Crippen LogP contribution in [0.4, 0.5) is 10.8 Å². The van der Waals surface area contributed by atoms with E-state index in [2.05, 4.69) is 53.4 Å². The average molecular weight is 532 g/mol. The monoisotopic (exact) mass is 531 g/mol. The number of aryl methyl sites for hydroxylation is 1. The van der Waals surface area contributed by atoms with Gasteiger partial charge in [0, 0.05) is 61.2 Å². The predicted octanol–water partition coefficient (Wildman–Crippen LogP) is 6.20. The Bertz CT molecular complexity index is 1470. The lowest BCUT2D eigenvalue weighted by Crippen LogP contribution is -2.46. The first-order chi connectivity index (χ1) is 17.9. The van der Waals surface area contributed by atoms with Gasteiger partial charge in [-0.2, -0.15) is 0 Å². The Hall–Kier alpha value is -3.26. The molecule has 1 aliphatic rings. The van der Waals surface area contributed by atoms with E-state index in [1.807, 2.05) is 31.3 Å². The van der Waals surface area contributed by atoms with Crippen LogP contribution in [0.25, 0.3) is 21.3 Å². The van der Waals surface area contributed by atoms with E-state index in [4.69, 9.17) is 22.0 Å². The van der Waals surface area contributed by atoms with Crippen molar-refractivity contribution in [3.8, 4) is 11.1 Å². The molecule has 1 fully saturated rings. The number of hydrogen-bond acceptors (Lipinski definition) is 7. The second-order valence-electron chi connectivity index (χ2n) is 9.45. The zero-order chi connectivity index (χ0) is 26.1. The van der Waals surface area contributed by atoms with Crippen LogP contribution >= 0.6 is 22.9 Å². The van der Waals surface area contributed by atoms with E-state index in [1.165, 1.54) is 11.8 Å². The highest BCUT2D eigenvalue weighted by Crippen LogP contribution is 2.41. The van der Waals surface area contributed by atoms with Crippen molar-refractivity contribution < 1.29 is 4.79 Å². The van der Waals surface area contributed by atoms with Gasteiger partial charge in [-0.3, -0.25) is 4.90 Å². The van der Waals surface area contributed by atoms with Crippen LogP contribution in [0.1, 0.15) is 28.3 Å². The van der Waals surface area contributed by atoms with Crippen molar-refractivity contribution in [2.24, 2.45) is 0 Å². The summed E-state index contributed by atoms with van der Waals surface area (Å²) in [5, 5.41) is 12.7. The lowest BCUT2D eigenvalue weighted by atomic mass is 9.93. The molecule has 0 saturated carbocycles. The van der Waals surface area contributed by atoms with Crippen molar-refractivity contribution in [3.63, 3.8) is 0 Å². The summed E-state index contributed by atoms with van der Waals surface area (Å²) in [6.45, 7) is 4.66. The second-order valence-corrected chi connectivity index (χ2v) is 10.9. The average Bonchev–Trinajstić information content (AvgIpc) is 3.33. The quantitative estimate of drug-likeness (QED) is 0.219. The lowest BCUT2D eigenvalue weighted by Gasteiger charge is -2.39. The minimum atomic E-state index is 0.188. The number of fused-ring (bicyclic) bond motifs is 1. The molecule has 1 aromatic heterocycles. The Labute approximate surface area is 226 Å². The maximum atomic E-state index is 11.6. The summed E-state index contributed by atoms with van der Waals surface area (Å²) in [6.07, 6.45) is 2.74. The fraction of sp³-hybridized carbons (Fsp3) is 0.276. The predicted molar refractivity (Wildman–Crippen MR) is 156 cm³/mol. The van der Waals surface area contributed by atoms with Crippen molar-refractivity contribution in [2.45, 2.75) is 19.4 Å². The van der Waals surface area contributed by atoms with Gasteiger partial charge < -0.3 is 20.4 Å². The third-order valence-electron chi connectivity index (χ3n) is 7.22. The van der Waals surface area contributed by atoms with Gasteiger partial charge in [-0.1, -0.05) is 41.1 Å². The number of nitrogens with zero attached hydrogens (tertiary/aromatic N) is 3. The molecule has 0 bridgehead atoms. The highest BCUT2D eigenvalue weighted by Gasteiger charge is 2.28. The van der Waals surface area contributed by atoms with E-state index >= 15 is 0 Å². The highest BCUT2D eigenvalue weighted by molar-refractivity contribution is 7.22. The van der Waals surface area contributed by atoms with Crippen LogP contribution < -0.4 is 10.2 Å². The van der Waals surface area contributed by atoms with Crippen LogP contribution in [-0.4, -0.2) is 56.1 Å². The van der Waals surface area contributed by atoms with Crippen LogP contribution in [0, 0.1) is 12.3 Å². The summed E-state index contributed by atoms with van der Waals surface area (Å²) in [5.41, 5.74) is 8.22. The summed E-state index contributed by atoms with van der Waals surface area (Å²) < 4.78 is 1.10. The SMILES string of the molecule is CNc1ccc(C2CN(c3nc4cc(C)c(CC=O)c(-c5ccc(Cl)cc5)c4s3)CCN2C)cc1C=N. The third-order valence-corrected chi connectivity index (χ3v) is 8.63. The number of aldehydes is 1. The lowest BCUT2D eigenvalue weighted by molar-refractivity contribution is -0.107. The Morgan fingerprint density at radius 1 is 1.19 bits per heavy atom. The van der Waals surface area contributed by atoms with Crippen molar-refractivity contribution in [1.82, 2.24) is 9.88 Å². The zero-order valence-corrected chi connectivity index (χ0v) is 22.8. The van der Waals surface area contributed by atoms with Gasteiger partial charge in [0.2, 0.25) is 0 Å². The molecule has 2 heterocycles. The number of rotatable bonds is 7. The van der Waals surface area contributed by atoms with Gasteiger partial charge in [0.05, 0.1) is 16.3 Å². The Kier molecular flexibility index (Phi) is 7.29. The fourth-order valence-electron chi connectivity index (χ4n) is 5.17. The zero-order valence-electron chi connectivity index (χ0n) is 21.2. The summed E-state index contributed by atoms with van der Waals surface area (Å²) in [6, 6.07) is 16.4. The first-order valence-corrected chi connectivity index (χ1v) is 13.5. The molecule has 1 unspecified atom stereocenters. The molecule has 5 rings (SSSR count). The summed E-state index contributed by atoms with van der Waals surface area (Å²) in [7, 11) is 4.04. The Morgan fingerprint density at radius 3 is 2.68 bits per heavy atom. The van der Waals surface area contributed by atoms with Crippen molar-refractivity contribution in [1.29, 1.82) is 5.41 Å². The van der Waals surface area contributed by atoms with E-state index < -0.39 is 0 Å². The fourth-order valence-corrected chi connectivity index (χ4v) is 6.47. The molecular weight excluding hydrogens is 502 g/mol. The van der Waals surface area contributed by atoms with Gasteiger partial charge in [0.25, 0.3) is 0 Å². The van der Waals surface area contributed by atoms with E-state index in [0.29, 0.717) is 11.4 Å². The number of carbonyl (C=O) groups excluding carboxylic acids is 1. The van der Waals surface area contributed by atoms with Crippen LogP contribution in [0.5, 0.6) is 0 Å². The van der Waals surface area contributed by atoms with Crippen LogP contribution in [0.2, 0.25) is 5.02 Å². The van der Waals surface area contributed by atoms with Gasteiger partial charge in [-0.25, -0.2) is 4.98 Å². The number of nitrogens with one attached hydrogen (secondary N) is 2. The molecule has 1 saturated heterocycles. The molecule has 37 heavy (non-hydrogen) atoms. The Morgan fingerprint density at radius 2 is 1.97 bits per heavy atom. The first kappa shape index (κ1) is 25.4. The number of benzene rings is 3. The van der Waals surface area contributed by atoms with E-state index in [0.717, 1.165) is 74.8 Å². The molecule has 0 radical (unpaired) electrons. The number of piperazine rings is 1. The maximum Gasteiger partial charge on any atom is 0.186 e. The molecular formula is C29H30ClN5OS. The van der Waals surface area contributed by atoms with Crippen LogP contribution in [0.3, 0.4) is 0 Å². The van der Waals surface area contributed by atoms with E-state index in [1.54, 1.807) is 11.3 Å². The summed E-state index contributed by atoms with van der Waals surface area (Å²) >= 11 is 7.87. The van der Waals surface area contributed by atoms with Gasteiger partial charge in [0.15, 0.2) is 5.13 Å². The minimum absolute atomic E-state index is 0.188. The van der Waals surface area contributed by atoms with Crippen molar-refractivity contribution in [2.75, 3.05) is 43.9 Å². The molecule has 0 aliphatic carbocycles. The first-order valence-electron chi connectivity index (χ1n) is 12.3. The molecule has 3 aromatic carbocycles. The third kappa shape index (κ3) is 4.87. The van der Waals surface area contributed by atoms with Gasteiger partial charge in [0.1, 0.15) is 6.29 Å². The smallest absolute Gasteiger partial charge is 0.186 e. The number of anilines is 2. The van der Waals surface area contributed by atoms with Crippen molar-refractivity contribution >= 4 is 56.5 Å². The van der Waals surface area contributed by atoms with Gasteiger partial charge in [-0.15, -0.1) is 0 Å². The maximum absolute atomic E-state index is 11.6. The number of carbonyl (C=O) groups is 1. The van der Waals surface area contributed by atoms with Crippen LogP contribution in [-0.2, 0) is 11.2 Å². The standard InChI is InChI=1S/C29H30ClN5OS/c1-18-14-25-28(27(23(18)10-13-36)19-4-7-22(30)8-5-19)37-29(33-25)35-12-11-34(3)26(17-35)20-6-9-24(32-2)21(15-20)16-31/h4-9,13-16,26,31-32H,10-12,17H2,1-3H3. The largest absolute Gasteiger partial charge is 0.388 e. The molecule has 0 amide bonds. The number of hydrogen-bond donors (Lipinski definition) is 2. The van der Waals surface area contributed by atoms with Crippen molar-refractivity contribution in [3.05, 3.63) is 75.8 Å². The molecule has 0 spiro atoms. The van der Waals surface area contributed by atoms with Gasteiger partial charge >= 0.3 is 0 Å². The molecule has 8 heteroatoms. The topological polar surface area (TPSA) is 72.3 Å². The summed E-state index contributed by atoms with van der Waals surface area (Å²) in [5.74, 6) is 0. The van der Waals surface area contributed by atoms with Gasteiger partial charge in [-0.05, 0) is 66.6 Å². The molecule has 190 valence electrons. The van der Waals surface area contributed by atoms with Crippen LogP contribution in [0.15, 0.2) is 48.5 Å². The summed E-state index contributed by atoms with van der Waals surface area (Å²) in [4.78, 5) is 21.4. The molecule has 6 nitrogen and oxygen atoms in total. The number of halogens is 1. The molecule has 1 atom stereocenters. The Balaban J connectivity index is 1.55. The number of aromatic nitrogens is 1. The molecule has 2 N–H and O–H groups in total. The minimum Gasteiger partial charge on any atom is -0.388 e. The molecule has 4 aromatic rings. The molecule has 1 aliphatic heterocycles. The van der Waals surface area contributed by atoms with E-state index in [9.17, 15) is 4.79 Å². The normalized spacial score (nSPS) is 16.2.